The fourth-order valence-electron chi connectivity index (χ4n) is 1.42. The summed E-state index contributed by atoms with van der Waals surface area (Å²) in [5.41, 5.74) is 0. The topological polar surface area (TPSA) is 72.8 Å². The van der Waals surface area contributed by atoms with E-state index >= 15 is 0 Å². The third-order valence-electron chi connectivity index (χ3n) is 2.31. The molecule has 19 heavy (non-hydrogen) atoms. The number of sulfone groups is 1. The Hall–Kier alpha value is -1.02. The first-order chi connectivity index (χ1) is 8.95. The molecular weight excluding hydrogens is 275 g/mol. The van der Waals surface area contributed by atoms with Crippen LogP contribution in [0, 0.1) is 5.82 Å². The zero-order valence-corrected chi connectivity index (χ0v) is 11.4. The van der Waals surface area contributed by atoms with Gasteiger partial charge in [0.25, 0.3) is 0 Å². The molecule has 1 N–H and O–H groups in total. The van der Waals surface area contributed by atoms with Gasteiger partial charge in [-0.3, -0.25) is 0 Å². The first kappa shape index (κ1) is 16.0. The van der Waals surface area contributed by atoms with Crippen LogP contribution in [0.1, 0.15) is 0 Å². The first-order valence-electron chi connectivity index (χ1n) is 5.69. The minimum Gasteiger partial charge on any atom is -0.390 e. The van der Waals surface area contributed by atoms with E-state index in [1.807, 2.05) is 0 Å². The Bertz CT molecular complexity index is 489. The summed E-state index contributed by atoms with van der Waals surface area (Å²) in [6, 6.07) is 4.68. The van der Waals surface area contributed by atoms with Gasteiger partial charge in [-0.15, -0.1) is 0 Å². The number of methoxy groups -OCH3 is 1. The number of aliphatic hydroxyl groups is 1. The second-order valence-electron chi connectivity index (χ2n) is 3.96. The Labute approximate surface area is 111 Å². The van der Waals surface area contributed by atoms with Gasteiger partial charge in [0.15, 0.2) is 9.84 Å². The smallest absolute Gasteiger partial charge is 0.181 e. The minimum absolute atomic E-state index is 0.113. The molecule has 1 aromatic rings. The molecule has 1 rings (SSSR count). The zero-order chi connectivity index (χ0) is 14.3. The number of benzene rings is 1. The Morgan fingerprint density at radius 2 is 2.11 bits per heavy atom. The van der Waals surface area contributed by atoms with Crippen molar-refractivity contribution in [3.63, 3.8) is 0 Å². The van der Waals surface area contributed by atoms with E-state index in [0.29, 0.717) is 6.61 Å². The molecule has 7 heteroatoms. The molecule has 1 aromatic carbocycles. The van der Waals surface area contributed by atoms with Crippen molar-refractivity contribution in [2.45, 2.75) is 11.0 Å². The Kier molecular flexibility index (Phi) is 6.36. The van der Waals surface area contributed by atoms with Gasteiger partial charge in [-0.25, -0.2) is 12.8 Å². The minimum atomic E-state index is -3.73. The average Bonchev–Trinajstić information content (AvgIpc) is 2.34. The van der Waals surface area contributed by atoms with E-state index in [2.05, 4.69) is 0 Å². The lowest BCUT2D eigenvalue weighted by Gasteiger charge is -2.11. The number of ether oxygens (including phenoxy) is 2. The molecule has 0 fully saturated rings. The summed E-state index contributed by atoms with van der Waals surface area (Å²) in [5.74, 6) is -1.14. The molecule has 0 aliphatic rings. The zero-order valence-electron chi connectivity index (χ0n) is 10.6. The standard InChI is InChI=1S/C12H17FO5S/c1-17-5-6-18-8-11(14)9-19(15,16)12-4-2-3-10(13)7-12/h2-4,7,11,14H,5-6,8-9H2,1H3. The molecular formula is C12H17FO5S. The van der Waals surface area contributed by atoms with Crippen molar-refractivity contribution in [1.82, 2.24) is 0 Å². The summed E-state index contributed by atoms with van der Waals surface area (Å²) in [6.45, 7) is 0.523. The molecule has 1 unspecified atom stereocenters. The molecule has 0 aromatic heterocycles. The number of rotatable bonds is 8. The van der Waals surface area contributed by atoms with Crippen molar-refractivity contribution in [2.75, 3.05) is 32.7 Å². The summed E-state index contributed by atoms with van der Waals surface area (Å²) in [7, 11) is -2.22. The van der Waals surface area contributed by atoms with Crippen LogP contribution < -0.4 is 0 Å². The van der Waals surface area contributed by atoms with E-state index in [4.69, 9.17) is 9.47 Å². The van der Waals surface area contributed by atoms with E-state index in [9.17, 15) is 17.9 Å². The fourth-order valence-corrected chi connectivity index (χ4v) is 2.79. The van der Waals surface area contributed by atoms with E-state index in [1.165, 1.54) is 19.2 Å². The average molecular weight is 292 g/mol. The summed E-state index contributed by atoms with van der Waals surface area (Å²) < 4.78 is 46.5. The first-order valence-corrected chi connectivity index (χ1v) is 7.34. The van der Waals surface area contributed by atoms with E-state index < -0.39 is 27.5 Å². The Morgan fingerprint density at radius 3 is 2.74 bits per heavy atom. The third kappa shape index (κ3) is 5.65. The van der Waals surface area contributed by atoms with Crippen LogP contribution in [-0.2, 0) is 19.3 Å². The van der Waals surface area contributed by atoms with Crippen LogP contribution in [0.2, 0.25) is 0 Å². The quantitative estimate of drug-likeness (QED) is 0.711. The maximum atomic E-state index is 13.0. The van der Waals surface area contributed by atoms with E-state index in [0.717, 1.165) is 12.1 Å². The van der Waals surface area contributed by atoms with Crippen molar-refractivity contribution in [2.24, 2.45) is 0 Å². The lowest BCUT2D eigenvalue weighted by molar-refractivity contribution is 0.0213. The number of aliphatic hydroxyl groups excluding tert-OH is 1. The molecule has 1 atom stereocenters. The molecule has 0 heterocycles. The van der Waals surface area contributed by atoms with Gasteiger partial charge < -0.3 is 14.6 Å². The van der Waals surface area contributed by atoms with Crippen LogP contribution in [0.3, 0.4) is 0 Å². The summed E-state index contributed by atoms with van der Waals surface area (Å²) in [4.78, 5) is -0.150. The molecule has 0 aliphatic carbocycles. The van der Waals surface area contributed by atoms with Crippen molar-refractivity contribution in [1.29, 1.82) is 0 Å². The molecule has 0 bridgehead atoms. The largest absolute Gasteiger partial charge is 0.390 e. The van der Waals surface area contributed by atoms with Crippen molar-refractivity contribution >= 4 is 9.84 Å². The van der Waals surface area contributed by atoms with Gasteiger partial charge in [0.2, 0.25) is 0 Å². The van der Waals surface area contributed by atoms with Gasteiger partial charge in [0, 0.05) is 7.11 Å². The SMILES string of the molecule is COCCOCC(O)CS(=O)(=O)c1cccc(F)c1. The van der Waals surface area contributed by atoms with Crippen LogP contribution in [0.15, 0.2) is 29.2 Å². The molecule has 108 valence electrons. The van der Waals surface area contributed by atoms with Gasteiger partial charge in [-0.05, 0) is 18.2 Å². The maximum absolute atomic E-state index is 13.0. The number of hydrogen-bond donors (Lipinski definition) is 1. The normalized spacial score (nSPS) is 13.4. The predicted octanol–water partition coefficient (Wildman–Crippen LogP) is 0.623. The van der Waals surface area contributed by atoms with Gasteiger partial charge >= 0.3 is 0 Å². The highest BCUT2D eigenvalue weighted by atomic mass is 32.2. The maximum Gasteiger partial charge on any atom is 0.181 e. The second kappa shape index (κ2) is 7.54. The van der Waals surface area contributed by atoms with Crippen LogP contribution in [0.25, 0.3) is 0 Å². The lowest BCUT2D eigenvalue weighted by atomic mass is 10.3. The monoisotopic (exact) mass is 292 g/mol. The van der Waals surface area contributed by atoms with Crippen molar-refractivity contribution < 1.29 is 27.4 Å². The Balaban J connectivity index is 2.55. The molecule has 0 spiro atoms. The van der Waals surface area contributed by atoms with Gasteiger partial charge in [-0.2, -0.15) is 0 Å². The molecule has 0 amide bonds. The molecule has 0 saturated carbocycles. The van der Waals surface area contributed by atoms with Gasteiger partial charge in [0.1, 0.15) is 5.82 Å². The highest BCUT2D eigenvalue weighted by Gasteiger charge is 2.20. The molecule has 0 aliphatic heterocycles. The molecule has 5 nitrogen and oxygen atoms in total. The van der Waals surface area contributed by atoms with Gasteiger partial charge in [0.05, 0.1) is 36.6 Å². The van der Waals surface area contributed by atoms with Crippen LogP contribution in [0.5, 0.6) is 0 Å². The summed E-state index contributed by atoms with van der Waals surface area (Å²) in [6.07, 6.45) is -1.16. The number of halogens is 1. The number of hydrogen-bond acceptors (Lipinski definition) is 5. The molecule has 0 saturated heterocycles. The third-order valence-corrected chi connectivity index (χ3v) is 4.10. The summed E-state index contributed by atoms with van der Waals surface area (Å²) in [5, 5.41) is 9.58. The van der Waals surface area contributed by atoms with Crippen LogP contribution in [-0.4, -0.2) is 52.3 Å². The molecule has 0 radical (unpaired) electrons. The predicted molar refractivity (Wildman–Crippen MR) is 67.2 cm³/mol. The second-order valence-corrected chi connectivity index (χ2v) is 5.99. The van der Waals surface area contributed by atoms with E-state index in [-0.39, 0.29) is 18.1 Å². The van der Waals surface area contributed by atoms with Gasteiger partial charge in [-0.1, -0.05) is 6.07 Å². The van der Waals surface area contributed by atoms with Crippen LogP contribution in [0.4, 0.5) is 4.39 Å². The lowest BCUT2D eigenvalue weighted by Crippen LogP contribution is -2.26. The van der Waals surface area contributed by atoms with Crippen molar-refractivity contribution in [3.05, 3.63) is 30.1 Å². The highest BCUT2D eigenvalue weighted by Crippen LogP contribution is 2.13. The van der Waals surface area contributed by atoms with Crippen molar-refractivity contribution in [3.8, 4) is 0 Å². The van der Waals surface area contributed by atoms with Crippen LogP contribution >= 0.6 is 0 Å². The Morgan fingerprint density at radius 1 is 1.37 bits per heavy atom. The fraction of sp³-hybridized carbons (Fsp3) is 0.500. The highest BCUT2D eigenvalue weighted by molar-refractivity contribution is 7.91. The summed E-state index contributed by atoms with van der Waals surface area (Å²) >= 11 is 0. The van der Waals surface area contributed by atoms with E-state index in [1.54, 1.807) is 0 Å².